The summed E-state index contributed by atoms with van der Waals surface area (Å²) in [6.45, 7) is 4.17. The minimum absolute atomic E-state index is 0.661. The summed E-state index contributed by atoms with van der Waals surface area (Å²) < 4.78 is 0. The Balaban J connectivity index is 2.53. The van der Waals surface area contributed by atoms with E-state index in [0.717, 1.165) is 17.8 Å². The molecule has 58 valence electrons. The molecule has 0 saturated carbocycles. The summed E-state index contributed by atoms with van der Waals surface area (Å²) >= 11 is 0. The number of rotatable bonds is 3. The van der Waals surface area contributed by atoms with Gasteiger partial charge in [0.25, 0.3) is 0 Å². The summed E-state index contributed by atoms with van der Waals surface area (Å²) in [5.41, 5.74) is 2.83. The average Bonchev–Trinajstić information content (AvgIpc) is 2.26. The second-order valence-electron chi connectivity index (χ2n) is 2.78. The standard InChI is InChI=1S/C8H13BN2/c1-3-4-5-7-6(2)10-8(9)11-7/h9H,3-5H2,1-2H3. The Kier molecular flexibility index (Phi) is 2.74. The van der Waals surface area contributed by atoms with Gasteiger partial charge in [0.05, 0.1) is 0 Å². The van der Waals surface area contributed by atoms with Crippen molar-refractivity contribution in [3.8, 4) is 0 Å². The Bertz CT molecular complexity index is 228. The molecule has 1 heterocycles. The molecule has 0 radical (unpaired) electrons. The van der Waals surface area contributed by atoms with E-state index in [9.17, 15) is 0 Å². The second kappa shape index (κ2) is 3.60. The third kappa shape index (κ3) is 2.10. The zero-order valence-electron chi connectivity index (χ0n) is 7.22. The minimum atomic E-state index is 0.661. The number of nitrogens with zero attached hydrogens (tertiary/aromatic N) is 2. The summed E-state index contributed by atoms with van der Waals surface area (Å²) in [4.78, 5) is 8.37. The van der Waals surface area contributed by atoms with Crippen molar-refractivity contribution in [2.24, 2.45) is 9.98 Å². The monoisotopic (exact) mass is 148 g/mol. The van der Waals surface area contributed by atoms with Crippen LogP contribution in [0.15, 0.2) is 9.98 Å². The normalized spacial score (nSPS) is 16.6. The summed E-state index contributed by atoms with van der Waals surface area (Å²) in [6.07, 6.45) is 3.45. The SMILES string of the molecule is B=C1N=C(C)C(CCCC)=N1. The molecule has 1 aliphatic rings. The van der Waals surface area contributed by atoms with Crippen LogP contribution in [0.5, 0.6) is 0 Å². The van der Waals surface area contributed by atoms with Gasteiger partial charge in [-0.1, -0.05) is 0 Å². The summed E-state index contributed by atoms with van der Waals surface area (Å²) in [7, 11) is 3.69. The Morgan fingerprint density at radius 2 is 2.09 bits per heavy atom. The molecule has 0 N–H and O–H groups in total. The van der Waals surface area contributed by atoms with Gasteiger partial charge in [-0.25, -0.2) is 0 Å². The zero-order valence-corrected chi connectivity index (χ0v) is 7.22. The fourth-order valence-electron chi connectivity index (χ4n) is 1.10. The molecule has 0 atom stereocenters. The van der Waals surface area contributed by atoms with E-state index in [2.05, 4.69) is 24.4 Å². The fraction of sp³-hybridized carbons (Fsp3) is 0.625. The molecule has 0 aromatic heterocycles. The summed E-state index contributed by atoms with van der Waals surface area (Å²) in [5.74, 6) is 0. The second-order valence-corrected chi connectivity index (χ2v) is 2.78. The van der Waals surface area contributed by atoms with Gasteiger partial charge in [0.15, 0.2) is 0 Å². The molecule has 1 aliphatic heterocycles. The van der Waals surface area contributed by atoms with Crippen LogP contribution in [0.3, 0.4) is 0 Å². The Hall–Kier alpha value is -0.725. The fourth-order valence-corrected chi connectivity index (χ4v) is 1.10. The van der Waals surface area contributed by atoms with E-state index < -0.39 is 0 Å². The van der Waals surface area contributed by atoms with Crippen molar-refractivity contribution in [3.05, 3.63) is 0 Å². The van der Waals surface area contributed by atoms with Crippen molar-refractivity contribution in [2.75, 3.05) is 0 Å². The number of unbranched alkanes of at least 4 members (excludes halogenated alkanes) is 1. The molecule has 0 aliphatic carbocycles. The van der Waals surface area contributed by atoms with E-state index in [1.165, 1.54) is 12.8 Å². The van der Waals surface area contributed by atoms with Crippen LogP contribution in [0, 0.1) is 0 Å². The van der Waals surface area contributed by atoms with Gasteiger partial charge in [-0.15, -0.1) is 0 Å². The zero-order chi connectivity index (χ0) is 8.27. The van der Waals surface area contributed by atoms with Gasteiger partial charge in [-0.2, -0.15) is 0 Å². The van der Waals surface area contributed by atoms with Crippen LogP contribution in [-0.4, -0.2) is 24.6 Å². The van der Waals surface area contributed by atoms with Gasteiger partial charge in [0.2, 0.25) is 0 Å². The average molecular weight is 148 g/mol. The summed E-state index contributed by atoms with van der Waals surface area (Å²) in [6, 6.07) is 0. The first-order valence-electron chi connectivity index (χ1n) is 4.06. The maximum atomic E-state index is 4.23. The molecule has 0 saturated heterocycles. The van der Waals surface area contributed by atoms with E-state index in [1.54, 1.807) is 0 Å². The number of aliphatic imine (C=N–C) groups is 2. The van der Waals surface area contributed by atoms with Gasteiger partial charge in [0, 0.05) is 0 Å². The van der Waals surface area contributed by atoms with Crippen LogP contribution < -0.4 is 0 Å². The summed E-state index contributed by atoms with van der Waals surface area (Å²) in [5, 5.41) is 0. The predicted octanol–water partition coefficient (Wildman–Crippen LogP) is 1.08. The van der Waals surface area contributed by atoms with Crippen LogP contribution in [0.2, 0.25) is 0 Å². The molecule has 2 nitrogen and oxygen atoms in total. The van der Waals surface area contributed by atoms with Crippen molar-refractivity contribution in [3.63, 3.8) is 0 Å². The third-order valence-corrected chi connectivity index (χ3v) is 1.75. The Morgan fingerprint density at radius 3 is 2.55 bits per heavy atom. The molecule has 0 unspecified atom stereocenters. The van der Waals surface area contributed by atoms with E-state index in [4.69, 9.17) is 0 Å². The van der Waals surface area contributed by atoms with E-state index in [1.807, 2.05) is 6.92 Å². The molecule has 0 bridgehead atoms. The molecule has 0 amide bonds. The molecule has 1 rings (SSSR count). The first-order valence-corrected chi connectivity index (χ1v) is 4.06. The van der Waals surface area contributed by atoms with Crippen LogP contribution >= 0.6 is 0 Å². The topological polar surface area (TPSA) is 24.7 Å². The molecule has 3 heteroatoms. The van der Waals surface area contributed by atoms with Crippen LogP contribution in [-0.2, 0) is 0 Å². The van der Waals surface area contributed by atoms with Gasteiger partial charge in [-0.3, -0.25) is 0 Å². The van der Waals surface area contributed by atoms with Gasteiger partial charge in [-0.05, 0) is 0 Å². The van der Waals surface area contributed by atoms with Crippen molar-refractivity contribution in [1.29, 1.82) is 0 Å². The van der Waals surface area contributed by atoms with E-state index in [-0.39, 0.29) is 0 Å². The Morgan fingerprint density at radius 1 is 1.36 bits per heavy atom. The van der Waals surface area contributed by atoms with Gasteiger partial charge < -0.3 is 0 Å². The van der Waals surface area contributed by atoms with Crippen LogP contribution in [0.25, 0.3) is 0 Å². The predicted molar refractivity (Wildman–Crippen MR) is 52.2 cm³/mol. The van der Waals surface area contributed by atoms with Gasteiger partial charge >= 0.3 is 67.7 Å². The molecule has 0 spiro atoms. The van der Waals surface area contributed by atoms with Gasteiger partial charge in [0.1, 0.15) is 0 Å². The van der Waals surface area contributed by atoms with Crippen LogP contribution in [0.4, 0.5) is 0 Å². The molecule has 0 aromatic carbocycles. The molecular formula is C8H13BN2. The van der Waals surface area contributed by atoms with Crippen LogP contribution in [0.1, 0.15) is 33.1 Å². The van der Waals surface area contributed by atoms with Crippen molar-refractivity contribution < 1.29 is 0 Å². The number of hydrogen-bond donors (Lipinski definition) is 0. The maximum absolute atomic E-state index is 4.23. The molecular weight excluding hydrogens is 135 g/mol. The molecule has 0 fully saturated rings. The molecule has 0 aromatic rings. The van der Waals surface area contributed by atoms with E-state index in [0.29, 0.717) is 5.71 Å². The third-order valence-electron chi connectivity index (χ3n) is 1.75. The van der Waals surface area contributed by atoms with E-state index >= 15 is 0 Å². The first kappa shape index (κ1) is 8.37. The number of hydrogen-bond acceptors (Lipinski definition) is 2. The van der Waals surface area contributed by atoms with Crippen molar-refractivity contribution in [1.82, 2.24) is 0 Å². The first-order chi connectivity index (χ1) is 5.24. The molecule has 11 heavy (non-hydrogen) atoms. The van der Waals surface area contributed by atoms with Crippen molar-refractivity contribution >= 4 is 24.6 Å². The van der Waals surface area contributed by atoms with Crippen molar-refractivity contribution in [2.45, 2.75) is 33.1 Å². The quantitative estimate of drug-likeness (QED) is 0.535. The Labute approximate surface area is 68.5 Å².